The average Bonchev–Trinajstić information content (AvgIpc) is 2.33. The number of nitrogens with zero attached hydrogens (tertiary/aromatic N) is 1. The second-order valence-electron chi connectivity index (χ2n) is 3.90. The van der Waals surface area contributed by atoms with Gasteiger partial charge in [-0.2, -0.15) is 0 Å². The zero-order valence-corrected chi connectivity index (χ0v) is 10.2. The number of nitrogens with one attached hydrogen (secondary N) is 1. The van der Waals surface area contributed by atoms with Crippen molar-refractivity contribution in [1.82, 2.24) is 0 Å². The summed E-state index contributed by atoms with van der Waals surface area (Å²) in [6, 6.07) is 4.22. The van der Waals surface area contributed by atoms with Crippen LogP contribution in [0.3, 0.4) is 0 Å². The molecule has 0 unspecified atom stereocenters. The van der Waals surface area contributed by atoms with Crippen LogP contribution in [-0.2, 0) is 0 Å². The number of carboxylic acids is 1. The first-order valence-electron chi connectivity index (χ1n) is 5.82. The van der Waals surface area contributed by atoms with Crippen molar-refractivity contribution < 1.29 is 14.8 Å². The molecule has 1 aromatic carbocycles. The molecule has 0 saturated carbocycles. The number of anilines is 1. The lowest BCUT2D eigenvalue weighted by molar-refractivity contribution is -0.385. The van der Waals surface area contributed by atoms with E-state index in [0.29, 0.717) is 12.2 Å². The van der Waals surface area contributed by atoms with Crippen LogP contribution in [-0.4, -0.2) is 22.5 Å². The summed E-state index contributed by atoms with van der Waals surface area (Å²) >= 11 is 0. The monoisotopic (exact) mass is 252 g/mol. The highest BCUT2D eigenvalue weighted by molar-refractivity contribution is 5.98. The van der Waals surface area contributed by atoms with Crippen molar-refractivity contribution in [2.75, 3.05) is 11.9 Å². The van der Waals surface area contributed by atoms with E-state index in [1.807, 2.05) is 0 Å². The Labute approximate surface area is 105 Å². The van der Waals surface area contributed by atoms with Crippen LogP contribution in [0.25, 0.3) is 0 Å². The largest absolute Gasteiger partial charge is 0.477 e. The smallest absolute Gasteiger partial charge is 0.344 e. The number of hydrogen-bond donors (Lipinski definition) is 2. The first kappa shape index (κ1) is 14.0. The highest BCUT2D eigenvalue weighted by Crippen LogP contribution is 2.26. The molecule has 0 bridgehead atoms. The van der Waals surface area contributed by atoms with E-state index in [9.17, 15) is 14.9 Å². The number of hydrogen-bond acceptors (Lipinski definition) is 4. The van der Waals surface area contributed by atoms with Gasteiger partial charge in [0.15, 0.2) is 5.56 Å². The molecule has 0 aliphatic heterocycles. The van der Waals surface area contributed by atoms with Gasteiger partial charge in [0.2, 0.25) is 0 Å². The molecule has 0 saturated heterocycles. The van der Waals surface area contributed by atoms with Crippen LogP contribution in [0.5, 0.6) is 0 Å². The van der Waals surface area contributed by atoms with E-state index < -0.39 is 10.9 Å². The van der Waals surface area contributed by atoms with Gasteiger partial charge in [-0.05, 0) is 12.5 Å². The van der Waals surface area contributed by atoms with Gasteiger partial charge in [-0.3, -0.25) is 10.1 Å². The van der Waals surface area contributed by atoms with Crippen LogP contribution < -0.4 is 5.32 Å². The average molecular weight is 252 g/mol. The molecule has 0 aliphatic rings. The Morgan fingerprint density at radius 1 is 1.44 bits per heavy atom. The summed E-state index contributed by atoms with van der Waals surface area (Å²) in [6.07, 6.45) is 2.99. The predicted molar refractivity (Wildman–Crippen MR) is 68.1 cm³/mol. The fourth-order valence-electron chi connectivity index (χ4n) is 1.66. The lowest BCUT2D eigenvalue weighted by Gasteiger charge is -2.09. The van der Waals surface area contributed by atoms with Crippen LogP contribution in [0, 0.1) is 10.1 Å². The summed E-state index contributed by atoms with van der Waals surface area (Å²) in [4.78, 5) is 21.2. The van der Waals surface area contributed by atoms with E-state index in [2.05, 4.69) is 12.2 Å². The maximum atomic E-state index is 11.1. The zero-order valence-electron chi connectivity index (χ0n) is 10.2. The molecule has 2 N–H and O–H groups in total. The Bertz CT molecular complexity index is 446. The molecule has 0 aromatic heterocycles. The third kappa shape index (κ3) is 3.44. The SMILES string of the molecule is CCCCCNc1cccc([N+](=O)[O-])c1C(=O)O. The molecule has 0 heterocycles. The van der Waals surface area contributed by atoms with Crippen molar-refractivity contribution in [3.63, 3.8) is 0 Å². The van der Waals surface area contributed by atoms with E-state index in [0.717, 1.165) is 19.3 Å². The Hall–Kier alpha value is -2.11. The summed E-state index contributed by atoms with van der Waals surface area (Å²) < 4.78 is 0. The van der Waals surface area contributed by atoms with Crippen LogP contribution in [0.15, 0.2) is 18.2 Å². The second-order valence-corrected chi connectivity index (χ2v) is 3.90. The van der Waals surface area contributed by atoms with Crippen molar-refractivity contribution in [1.29, 1.82) is 0 Å². The molecule has 0 amide bonds. The lowest BCUT2D eigenvalue weighted by Crippen LogP contribution is -2.10. The second kappa shape index (κ2) is 6.58. The number of unbranched alkanes of at least 4 members (excludes halogenated alkanes) is 2. The standard InChI is InChI=1S/C12H16N2O4/c1-2-3-4-8-13-9-6-5-7-10(14(17)18)11(9)12(15)16/h5-7,13H,2-4,8H2,1H3,(H,15,16). The van der Waals surface area contributed by atoms with E-state index in [1.54, 1.807) is 6.07 Å². The predicted octanol–water partition coefficient (Wildman–Crippen LogP) is 2.90. The normalized spacial score (nSPS) is 10.1. The fourth-order valence-corrected chi connectivity index (χ4v) is 1.66. The summed E-state index contributed by atoms with van der Waals surface area (Å²) in [5.41, 5.74) is -0.366. The summed E-state index contributed by atoms with van der Waals surface area (Å²) in [7, 11) is 0. The van der Waals surface area contributed by atoms with Crippen LogP contribution in [0.4, 0.5) is 11.4 Å². The van der Waals surface area contributed by atoms with Crippen molar-refractivity contribution in [2.24, 2.45) is 0 Å². The first-order valence-corrected chi connectivity index (χ1v) is 5.82. The fraction of sp³-hybridized carbons (Fsp3) is 0.417. The van der Waals surface area contributed by atoms with Gasteiger partial charge in [-0.1, -0.05) is 25.8 Å². The van der Waals surface area contributed by atoms with Gasteiger partial charge in [0.25, 0.3) is 5.69 Å². The van der Waals surface area contributed by atoms with E-state index in [1.165, 1.54) is 12.1 Å². The number of carbonyl (C=O) groups is 1. The number of carboxylic acid groups (broad SMARTS) is 1. The topological polar surface area (TPSA) is 92.5 Å². The molecule has 0 radical (unpaired) electrons. The Morgan fingerprint density at radius 3 is 2.72 bits per heavy atom. The molecule has 0 spiro atoms. The molecule has 0 aliphatic carbocycles. The number of rotatable bonds is 7. The molecule has 0 fully saturated rings. The highest BCUT2D eigenvalue weighted by atomic mass is 16.6. The highest BCUT2D eigenvalue weighted by Gasteiger charge is 2.23. The zero-order chi connectivity index (χ0) is 13.5. The van der Waals surface area contributed by atoms with Crippen molar-refractivity contribution in [3.8, 4) is 0 Å². The molecule has 6 heteroatoms. The van der Waals surface area contributed by atoms with Gasteiger partial charge in [-0.15, -0.1) is 0 Å². The maximum absolute atomic E-state index is 11.1. The number of nitro benzene ring substituents is 1. The molecule has 98 valence electrons. The maximum Gasteiger partial charge on any atom is 0.344 e. The molecule has 1 rings (SSSR count). The van der Waals surface area contributed by atoms with Gasteiger partial charge >= 0.3 is 5.97 Å². The Balaban J connectivity index is 2.93. The third-order valence-corrected chi connectivity index (χ3v) is 2.55. The molecule has 1 aromatic rings. The molecule has 0 atom stereocenters. The van der Waals surface area contributed by atoms with Crippen LogP contribution >= 0.6 is 0 Å². The van der Waals surface area contributed by atoms with E-state index in [4.69, 9.17) is 5.11 Å². The van der Waals surface area contributed by atoms with Gasteiger partial charge in [0.1, 0.15) is 0 Å². The van der Waals surface area contributed by atoms with E-state index >= 15 is 0 Å². The molecule has 18 heavy (non-hydrogen) atoms. The first-order chi connectivity index (χ1) is 8.57. The van der Waals surface area contributed by atoms with E-state index in [-0.39, 0.29) is 11.3 Å². The quantitative estimate of drug-likeness (QED) is 0.442. The lowest BCUT2D eigenvalue weighted by atomic mass is 10.1. The molecule has 6 nitrogen and oxygen atoms in total. The minimum Gasteiger partial charge on any atom is -0.477 e. The minimum atomic E-state index is -1.29. The number of aromatic carboxylic acids is 1. The van der Waals surface area contributed by atoms with Gasteiger partial charge < -0.3 is 10.4 Å². The van der Waals surface area contributed by atoms with Gasteiger partial charge in [0, 0.05) is 12.6 Å². The van der Waals surface area contributed by atoms with Gasteiger partial charge in [-0.25, -0.2) is 4.79 Å². The Morgan fingerprint density at radius 2 is 2.17 bits per heavy atom. The van der Waals surface area contributed by atoms with Crippen molar-refractivity contribution in [2.45, 2.75) is 26.2 Å². The van der Waals surface area contributed by atoms with Crippen molar-refractivity contribution in [3.05, 3.63) is 33.9 Å². The summed E-state index contributed by atoms with van der Waals surface area (Å²) in [5, 5.41) is 22.8. The summed E-state index contributed by atoms with van der Waals surface area (Å²) in [5.74, 6) is -1.29. The van der Waals surface area contributed by atoms with Crippen LogP contribution in [0.2, 0.25) is 0 Å². The molecular formula is C12H16N2O4. The number of benzene rings is 1. The van der Waals surface area contributed by atoms with Crippen LogP contribution in [0.1, 0.15) is 36.5 Å². The van der Waals surface area contributed by atoms with Crippen molar-refractivity contribution >= 4 is 17.3 Å². The van der Waals surface area contributed by atoms with Gasteiger partial charge in [0.05, 0.1) is 10.6 Å². The summed E-state index contributed by atoms with van der Waals surface area (Å²) in [6.45, 7) is 2.67. The Kier molecular flexibility index (Phi) is 5.10. The third-order valence-electron chi connectivity index (χ3n) is 2.55. The molecular weight excluding hydrogens is 236 g/mol. The minimum absolute atomic E-state index is 0.279. The number of nitro groups is 1.